The summed E-state index contributed by atoms with van der Waals surface area (Å²) in [5.74, 6) is 1.32. The number of H-pyrrole nitrogens is 1. The van der Waals surface area contributed by atoms with Crippen molar-refractivity contribution in [3.63, 3.8) is 0 Å². The highest BCUT2D eigenvalue weighted by molar-refractivity contribution is 6.32. The van der Waals surface area contributed by atoms with E-state index in [1.54, 1.807) is 0 Å². The SMILES string of the molecule is Cc1cc2[nH]c(-c3cc(C(C)C)cc(C)c3O)nc2cc1Cl. The number of hydrogen-bond acceptors (Lipinski definition) is 2. The molecule has 22 heavy (non-hydrogen) atoms. The maximum absolute atomic E-state index is 10.4. The molecule has 3 nitrogen and oxygen atoms in total. The van der Waals surface area contributed by atoms with Gasteiger partial charge in [0, 0.05) is 5.02 Å². The monoisotopic (exact) mass is 314 g/mol. The number of nitrogens with zero attached hydrogens (tertiary/aromatic N) is 1. The van der Waals surface area contributed by atoms with Gasteiger partial charge in [0.1, 0.15) is 11.6 Å². The van der Waals surface area contributed by atoms with Gasteiger partial charge < -0.3 is 10.1 Å². The van der Waals surface area contributed by atoms with Crippen LogP contribution in [0.4, 0.5) is 0 Å². The number of benzene rings is 2. The molecule has 2 aromatic carbocycles. The quantitative estimate of drug-likeness (QED) is 0.671. The van der Waals surface area contributed by atoms with Crippen molar-refractivity contribution in [2.75, 3.05) is 0 Å². The third-order valence-electron chi connectivity index (χ3n) is 4.01. The van der Waals surface area contributed by atoms with E-state index >= 15 is 0 Å². The number of rotatable bonds is 2. The van der Waals surface area contributed by atoms with Gasteiger partial charge in [0.05, 0.1) is 16.6 Å². The fraction of sp³-hybridized carbons (Fsp3) is 0.278. The average Bonchev–Trinajstić information content (AvgIpc) is 2.84. The van der Waals surface area contributed by atoms with E-state index < -0.39 is 0 Å². The van der Waals surface area contributed by atoms with E-state index in [1.807, 2.05) is 38.1 Å². The summed E-state index contributed by atoms with van der Waals surface area (Å²) in [5, 5.41) is 11.1. The zero-order valence-corrected chi connectivity index (χ0v) is 13.9. The fourth-order valence-electron chi connectivity index (χ4n) is 2.59. The lowest BCUT2D eigenvalue weighted by molar-refractivity contribution is 0.472. The third-order valence-corrected chi connectivity index (χ3v) is 4.41. The molecule has 0 fully saturated rings. The Labute approximate surface area is 135 Å². The molecule has 1 heterocycles. The Morgan fingerprint density at radius 3 is 2.50 bits per heavy atom. The van der Waals surface area contributed by atoms with E-state index in [0.29, 0.717) is 16.8 Å². The van der Waals surface area contributed by atoms with Gasteiger partial charge in [-0.25, -0.2) is 4.98 Å². The molecule has 0 unspecified atom stereocenters. The van der Waals surface area contributed by atoms with Crippen LogP contribution in [0.25, 0.3) is 22.4 Å². The highest BCUT2D eigenvalue weighted by Crippen LogP contribution is 2.35. The molecule has 1 aromatic heterocycles. The van der Waals surface area contributed by atoms with Crippen molar-refractivity contribution < 1.29 is 5.11 Å². The van der Waals surface area contributed by atoms with E-state index in [1.165, 1.54) is 5.56 Å². The minimum atomic E-state index is 0.270. The van der Waals surface area contributed by atoms with Crippen molar-refractivity contribution in [2.24, 2.45) is 0 Å². The number of hydrogen-bond donors (Lipinski definition) is 2. The van der Waals surface area contributed by atoms with E-state index in [4.69, 9.17) is 11.6 Å². The van der Waals surface area contributed by atoms with Crippen LogP contribution in [0.5, 0.6) is 5.75 Å². The van der Waals surface area contributed by atoms with Crippen LogP contribution in [0.1, 0.15) is 36.5 Å². The summed E-state index contributed by atoms with van der Waals surface area (Å²) in [6.45, 7) is 8.15. The first-order valence-electron chi connectivity index (χ1n) is 7.36. The van der Waals surface area contributed by atoms with Crippen LogP contribution in [-0.2, 0) is 0 Å². The van der Waals surface area contributed by atoms with Gasteiger partial charge >= 0.3 is 0 Å². The van der Waals surface area contributed by atoms with Crippen LogP contribution in [-0.4, -0.2) is 15.1 Å². The van der Waals surface area contributed by atoms with Crippen LogP contribution in [0.15, 0.2) is 24.3 Å². The molecule has 0 aliphatic heterocycles. The summed E-state index contributed by atoms with van der Waals surface area (Å²) in [7, 11) is 0. The Morgan fingerprint density at radius 2 is 1.82 bits per heavy atom. The molecule has 114 valence electrons. The first-order chi connectivity index (χ1) is 10.4. The van der Waals surface area contributed by atoms with Crippen LogP contribution < -0.4 is 0 Å². The molecule has 3 aromatic rings. The van der Waals surface area contributed by atoms with Crippen molar-refractivity contribution >= 4 is 22.6 Å². The zero-order valence-electron chi connectivity index (χ0n) is 13.2. The number of aromatic amines is 1. The second-order valence-electron chi connectivity index (χ2n) is 6.09. The Hall–Kier alpha value is -2.00. The van der Waals surface area contributed by atoms with Gasteiger partial charge in [-0.3, -0.25) is 0 Å². The molecule has 3 rings (SSSR count). The van der Waals surface area contributed by atoms with Gasteiger partial charge in [0.2, 0.25) is 0 Å². The molecular weight excluding hydrogens is 296 g/mol. The molecular formula is C18H19ClN2O. The molecule has 0 spiro atoms. The molecule has 0 radical (unpaired) electrons. The molecule has 2 N–H and O–H groups in total. The van der Waals surface area contributed by atoms with Gasteiger partial charge in [-0.05, 0) is 54.7 Å². The first kappa shape index (κ1) is 14.9. The number of nitrogens with one attached hydrogen (secondary N) is 1. The van der Waals surface area contributed by atoms with E-state index in [-0.39, 0.29) is 5.75 Å². The number of phenols is 1. The first-order valence-corrected chi connectivity index (χ1v) is 7.74. The van der Waals surface area contributed by atoms with E-state index in [2.05, 4.69) is 23.8 Å². The largest absolute Gasteiger partial charge is 0.507 e. The van der Waals surface area contributed by atoms with Crippen LogP contribution in [0.2, 0.25) is 5.02 Å². The maximum atomic E-state index is 10.4. The molecule has 0 aliphatic rings. The summed E-state index contributed by atoms with van der Waals surface area (Å²) in [6.07, 6.45) is 0. The van der Waals surface area contributed by atoms with Gasteiger partial charge in [-0.2, -0.15) is 0 Å². The number of aromatic nitrogens is 2. The van der Waals surface area contributed by atoms with Crippen molar-refractivity contribution in [3.8, 4) is 17.1 Å². The third kappa shape index (κ3) is 2.46. The summed E-state index contributed by atoms with van der Waals surface area (Å²) in [5.41, 5.74) is 5.49. The number of aromatic hydroxyl groups is 1. The Morgan fingerprint density at radius 1 is 1.09 bits per heavy atom. The maximum Gasteiger partial charge on any atom is 0.142 e. The molecule has 0 saturated heterocycles. The fourth-order valence-corrected chi connectivity index (χ4v) is 2.75. The summed E-state index contributed by atoms with van der Waals surface area (Å²) < 4.78 is 0. The van der Waals surface area contributed by atoms with Crippen molar-refractivity contribution in [1.29, 1.82) is 0 Å². The number of halogens is 1. The van der Waals surface area contributed by atoms with Crippen LogP contribution in [0, 0.1) is 13.8 Å². The number of aryl methyl sites for hydroxylation is 2. The van der Waals surface area contributed by atoms with Crippen molar-refractivity contribution in [2.45, 2.75) is 33.6 Å². The van der Waals surface area contributed by atoms with Gasteiger partial charge in [-0.15, -0.1) is 0 Å². The molecule has 0 aliphatic carbocycles. The second kappa shape index (κ2) is 5.33. The standard InChI is InChI=1S/C18H19ClN2O/c1-9(2)12-5-11(4)17(22)13(7-12)18-20-15-6-10(3)14(19)8-16(15)21-18/h5-9,22H,1-4H3,(H,20,21). The molecule has 0 bridgehead atoms. The summed E-state index contributed by atoms with van der Waals surface area (Å²) in [6, 6.07) is 7.85. The predicted molar refractivity (Wildman–Crippen MR) is 91.8 cm³/mol. The van der Waals surface area contributed by atoms with Gasteiger partial charge in [0.15, 0.2) is 0 Å². The smallest absolute Gasteiger partial charge is 0.142 e. The topological polar surface area (TPSA) is 48.9 Å². The summed E-state index contributed by atoms with van der Waals surface area (Å²) >= 11 is 6.16. The molecule has 0 amide bonds. The lowest BCUT2D eigenvalue weighted by atomic mass is 9.97. The highest BCUT2D eigenvalue weighted by atomic mass is 35.5. The zero-order chi connectivity index (χ0) is 16.0. The normalized spacial score (nSPS) is 11.5. The number of phenolic OH excluding ortho intramolecular Hbond substituents is 1. The Balaban J connectivity index is 2.22. The van der Waals surface area contributed by atoms with Crippen LogP contribution in [0.3, 0.4) is 0 Å². The Kier molecular flexibility index (Phi) is 3.61. The highest BCUT2D eigenvalue weighted by Gasteiger charge is 2.15. The predicted octanol–water partition coefficient (Wildman–Crippen LogP) is 5.33. The number of fused-ring (bicyclic) bond motifs is 1. The van der Waals surface area contributed by atoms with E-state index in [0.717, 1.165) is 27.7 Å². The summed E-state index contributed by atoms with van der Waals surface area (Å²) in [4.78, 5) is 7.87. The average molecular weight is 315 g/mol. The van der Waals surface area contributed by atoms with Crippen molar-refractivity contribution in [1.82, 2.24) is 9.97 Å². The Bertz CT molecular complexity index is 826. The van der Waals surface area contributed by atoms with Gasteiger partial charge in [-0.1, -0.05) is 31.5 Å². The van der Waals surface area contributed by atoms with Crippen LogP contribution >= 0.6 is 11.6 Å². The molecule has 0 atom stereocenters. The molecule has 4 heteroatoms. The minimum Gasteiger partial charge on any atom is -0.507 e. The second-order valence-corrected chi connectivity index (χ2v) is 6.50. The molecule has 0 saturated carbocycles. The van der Waals surface area contributed by atoms with E-state index in [9.17, 15) is 5.11 Å². The lowest BCUT2D eigenvalue weighted by Gasteiger charge is -2.11. The van der Waals surface area contributed by atoms with Gasteiger partial charge in [0.25, 0.3) is 0 Å². The van der Waals surface area contributed by atoms with Crippen molar-refractivity contribution in [3.05, 3.63) is 46.0 Å². The minimum absolute atomic E-state index is 0.270. The number of imidazole rings is 1. The lowest BCUT2D eigenvalue weighted by Crippen LogP contribution is -1.92.